The molecule has 1 saturated heterocycles. The van der Waals surface area contributed by atoms with E-state index in [1.807, 2.05) is 0 Å². The molecule has 0 saturated carbocycles. The molecule has 2 heteroatoms. The second kappa shape index (κ2) is 2.86. The van der Waals surface area contributed by atoms with Crippen molar-refractivity contribution >= 4 is 0 Å². The Morgan fingerprint density at radius 3 is 2.58 bits per heavy atom. The maximum Gasteiger partial charge on any atom is 0.115 e. The highest BCUT2D eigenvalue weighted by atomic mass is 17.2. The summed E-state index contributed by atoms with van der Waals surface area (Å²) >= 11 is 0. The van der Waals surface area contributed by atoms with Crippen molar-refractivity contribution < 1.29 is 9.78 Å². The third kappa shape index (κ3) is 1.19. The molecule has 12 heavy (non-hydrogen) atoms. The quantitative estimate of drug-likeness (QED) is 0.442. The molecule has 2 nitrogen and oxygen atoms in total. The molecule has 3 aliphatic rings. The standard InChI is InChI=1S/C10H16O2/c1-6(2)8-5-9-7(3)4-10(8)12-11-9/h4,6,8-10H,5H2,1-3H3/t8-,9+,10+/m0/s1. The van der Waals surface area contributed by atoms with Crippen LogP contribution >= 0.6 is 0 Å². The van der Waals surface area contributed by atoms with Gasteiger partial charge in [-0.3, -0.25) is 0 Å². The van der Waals surface area contributed by atoms with E-state index < -0.39 is 0 Å². The average Bonchev–Trinajstić information content (AvgIpc) is 2.04. The summed E-state index contributed by atoms with van der Waals surface area (Å²) in [4.78, 5) is 10.4. The molecule has 3 atom stereocenters. The molecule has 0 unspecified atom stereocenters. The van der Waals surface area contributed by atoms with Gasteiger partial charge in [-0.2, -0.15) is 0 Å². The van der Waals surface area contributed by atoms with Crippen LogP contribution in [-0.2, 0) is 9.78 Å². The van der Waals surface area contributed by atoms with Gasteiger partial charge in [0.2, 0.25) is 0 Å². The minimum Gasteiger partial charge on any atom is -0.228 e. The van der Waals surface area contributed by atoms with E-state index in [0.29, 0.717) is 11.8 Å². The third-order valence-electron chi connectivity index (χ3n) is 2.98. The van der Waals surface area contributed by atoms with Gasteiger partial charge in [-0.25, -0.2) is 9.78 Å². The van der Waals surface area contributed by atoms with Gasteiger partial charge >= 0.3 is 0 Å². The first-order valence-corrected chi connectivity index (χ1v) is 4.69. The molecule has 2 aliphatic heterocycles. The highest BCUT2D eigenvalue weighted by Gasteiger charge is 2.38. The van der Waals surface area contributed by atoms with Crippen LogP contribution in [0, 0.1) is 11.8 Å². The van der Waals surface area contributed by atoms with E-state index in [2.05, 4.69) is 26.8 Å². The summed E-state index contributed by atoms with van der Waals surface area (Å²) < 4.78 is 0. The van der Waals surface area contributed by atoms with Crippen LogP contribution in [0.2, 0.25) is 0 Å². The lowest BCUT2D eigenvalue weighted by atomic mass is 9.78. The van der Waals surface area contributed by atoms with Crippen molar-refractivity contribution in [3.05, 3.63) is 11.6 Å². The van der Waals surface area contributed by atoms with Gasteiger partial charge in [-0.15, -0.1) is 0 Å². The van der Waals surface area contributed by atoms with Crippen LogP contribution in [0.3, 0.4) is 0 Å². The molecular formula is C10H16O2. The van der Waals surface area contributed by atoms with Crippen LogP contribution in [0.25, 0.3) is 0 Å². The van der Waals surface area contributed by atoms with Gasteiger partial charge in [-0.1, -0.05) is 19.9 Å². The Labute approximate surface area is 73.5 Å². The average molecular weight is 168 g/mol. The van der Waals surface area contributed by atoms with Gasteiger partial charge in [0, 0.05) is 0 Å². The van der Waals surface area contributed by atoms with Gasteiger partial charge in [0.15, 0.2) is 0 Å². The summed E-state index contributed by atoms with van der Waals surface area (Å²) in [6.07, 6.45) is 3.77. The first-order chi connectivity index (χ1) is 5.68. The molecule has 0 spiro atoms. The Bertz CT molecular complexity index is 208. The molecular weight excluding hydrogens is 152 g/mol. The molecule has 2 bridgehead atoms. The minimum atomic E-state index is 0.204. The third-order valence-corrected chi connectivity index (χ3v) is 2.98. The van der Waals surface area contributed by atoms with Crippen molar-refractivity contribution in [2.24, 2.45) is 11.8 Å². The zero-order valence-electron chi connectivity index (χ0n) is 7.91. The van der Waals surface area contributed by atoms with E-state index in [-0.39, 0.29) is 12.2 Å². The largest absolute Gasteiger partial charge is 0.228 e. The van der Waals surface area contributed by atoms with E-state index in [1.54, 1.807) is 0 Å². The Hall–Kier alpha value is -0.340. The van der Waals surface area contributed by atoms with E-state index in [9.17, 15) is 0 Å². The Kier molecular flexibility index (Phi) is 1.97. The fourth-order valence-electron chi connectivity index (χ4n) is 2.05. The molecule has 1 aliphatic carbocycles. The molecule has 1 fully saturated rings. The van der Waals surface area contributed by atoms with Crippen LogP contribution in [-0.4, -0.2) is 12.2 Å². The molecule has 0 aromatic rings. The smallest absolute Gasteiger partial charge is 0.115 e. The van der Waals surface area contributed by atoms with Gasteiger partial charge < -0.3 is 0 Å². The highest BCUT2D eigenvalue weighted by Crippen LogP contribution is 2.37. The van der Waals surface area contributed by atoms with Crippen LogP contribution in [0.15, 0.2) is 11.6 Å². The maximum atomic E-state index is 5.24. The summed E-state index contributed by atoms with van der Waals surface area (Å²) in [5, 5.41) is 0. The van der Waals surface area contributed by atoms with Gasteiger partial charge in [0.05, 0.1) is 0 Å². The molecule has 3 rings (SSSR count). The van der Waals surface area contributed by atoms with Gasteiger partial charge in [0.1, 0.15) is 12.2 Å². The fourth-order valence-corrected chi connectivity index (χ4v) is 2.05. The SMILES string of the molecule is CC1=C[C@H]2OO[C@@H]1C[C@H]2C(C)C. The van der Waals surface area contributed by atoms with Crippen LogP contribution in [0.1, 0.15) is 27.2 Å². The number of hydrogen-bond donors (Lipinski definition) is 0. The molecule has 0 aromatic carbocycles. The van der Waals surface area contributed by atoms with Crippen LogP contribution < -0.4 is 0 Å². The van der Waals surface area contributed by atoms with Gasteiger partial charge in [0.25, 0.3) is 0 Å². The lowest BCUT2D eigenvalue weighted by Gasteiger charge is -2.40. The van der Waals surface area contributed by atoms with Gasteiger partial charge in [-0.05, 0) is 30.8 Å². The molecule has 0 radical (unpaired) electrons. The van der Waals surface area contributed by atoms with Crippen molar-refractivity contribution in [1.29, 1.82) is 0 Å². The van der Waals surface area contributed by atoms with Crippen molar-refractivity contribution in [2.75, 3.05) is 0 Å². The summed E-state index contributed by atoms with van der Waals surface area (Å²) in [5.41, 5.74) is 1.34. The Balaban J connectivity index is 2.17. The number of rotatable bonds is 1. The lowest BCUT2D eigenvalue weighted by Crippen LogP contribution is -2.42. The van der Waals surface area contributed by atoms with Crippen molar-refractivity contribution in [3.8, 4) is 0 Å². The number of fused-ring (bicyclic) bond motifs is 2. The minimum absolute atomic E-state index is 0.204. The lowest BCUT2D eigenvalue weighted by molar-refractivity contribution is -0.379. The van der Waals surface area contributed by atoms with Crippen LogP contribution in [0.4, 0.5) is 0 Å². The van der Waals surface area contributed by atoms with Crippen molar-refractivity contribution in [2.45, 2.75) is 39.4 Å². The fraction of sp³-hybridized carbons (Fsp3) is 0.800. The topological polar surface area (TPSA) is 18.5 Å². The Morgan fingerprint density at radius 1 is 1.42 bits per heavy atom. The molecule has 0 aromatic heterocycles. The summed E-state index contributed by atoms with van der Waals surface area (Å²) in [6.45, 7) is 6.62. The van der Waals surface area contributed by atoms with E-state index >= 15 is 0 Å². The first-order valence-electron chi connectivity index (χ1n) is 4.69. The zero-order valence-corrected chi connectivity index (χ0v) is 7.91. The predicted molar refractivity (Wildman–Crippen MR) is 46.4 cm³/mol. The second-order valence-corrected chi connectivity index (χ2v) is 4.20. The summed E-state index contributed by atoms with van der Waals surface area (Å²) in [5.74, 6) is 1.33. The predicted octanol–water partition coefficient (Wildman–Crippen LogP) is 2.31. The maximum absolute atomic E-state index is 5.24. The molecule has 0 N–H and O–H groups in total. The van der Waals surface area contributed by atoms with Crippen molar-refractivity contribution in [1.82, 2.24) is 0 Å². The van der Waals surface area contributed by atoms with E-state index in [0.717, 1.165) is 6.42 Å². The second-order valence-electron chi connectivity index (χ2n) is 4.20. The highest BCUT2D eigenvalue weighted by molar-refractivity contribution is 5.16. The van der Waals surface area contributed by atoms with E-state index in [4.69, 9.17) is 9.78 Å². The molecule has 0 amide bonds. The zero-order chi connectivity index (χ0) is 8.72. The summed E-state index contributed by atoms with van der Waals surface area (Å²) in [6, 6.07) is 0. The van der Waals surface area contributed by atoms with Crippen LogP contribution in [0.5, 0.6) is 0 Å². The molecule has 68 valence electrons. The summed E-state index contributed by atoms with van der Waals surface area (Å²) in [7, 11) is 0. The first kappa shape index (κ1) is 8.27. The van der Waals surface area contributed by atoms with E-state index in [1.165, 1.54) is 5.57 Å². The Morgan fingerprint density at radius 2 is 2.17 bits per heavy atom. The van der Waals surface area contributed by atoms with Crippen molar-refractivity contribution in [3.63, 3.8) is 0 Å². The molecule has 2 heterocycles. The normalized spacial score (nSPS) is 40.3. The monoisotopic (exact) mass is 168 g/mol. The number of hydrogen-bond acceptors (Lipinski definition) is 2.